The molecule has 0 aliphatic carbocycles. The second-order valence-electron chi connectivity index (χ2n) is 11.7. The molecule has 0 bridgehead atoms. The van der Waals surface area contributed by atoms with Crippen molar-refractivity contribution in [2.45, 2.75) is 61.3 Å². The summed E-state index contributed by atoms with van der Waals surface area (Å²) in [4.78, 5) is 29.0. The normalized spacial score (nSPS) is 10.8. The number of hydrogen-bond acceptors (Lipinski definition) is 8. The van der Waals surface area contributed by atoms with Gasteiger partial charge in [0.05, 0.1) is 0 Å². The molecule has 5 rings (SSSR count). The minimum Gasteiger partial charge on any atom is -0.508 e. The van der Waals surface area contributed by atoms with Crippen LogP contribution in [0.4, 0.5) is 11.9 Å². The number of guanidine groups is 1. The highest BCUT2D eigenvalue weighted by Crippen LogP contribution is 2.21. The van der Waals surface area contributed by atoms with E-state index in [-0.39, 0.29) is 5.75 Å². The zero-order valence-electron chi connectivity index (χ0n) is 30.5. The van der Waals surface area contributed by atoms with E-state index in [1.807, 2.05) is 78.7 Å². The number of aromatic nitrogens is 5. The molecular formula is C38H52N10O. The van der Waals surface area contributed by atoms with Crippen molar-refractivity contribution in [3.63, 3.8) is 0 Å². The fourth-order valence-corrected chi connectivity index (χ4v) is 4.87. The topological polar surface area (TPSA) is 144 Å². The Kier molecular flexibility index (Phi) is 14.1. The second kappa shape index (κ2) is 18.2. The number of fused-ring (bicyclic) bond motifs is 1. The molecule has 0 aliphatic rings. The summed E-state index contributed by atoms with van der Waals surface area (Å²) in [6, 6.07) is 19.7. The number of aliphatic imine (C=N–C) groups is 1. The molecule has 3 heterocycles. The summed E-state index contributed by atoms with van der Waals surface area (Å²) in [6.45, 7) is 19.3. The van der Waals surface area contributed by atoms with Gasteiger partial charge in [-0.15, -0.1) is 0 Å². The molecule has 11 nitrogen and oxygen atoms in total. The van der Waals surface area contributed by atoms with Gasteiger partial charge in [0.15, 0.2) is 5.96 Å². The first-order chi connectivity index (χ1) is 23.4. The Labute approximate surface area is 291 Å². The molecule has 5 N–H and O–H groups in total. The Hall–Kier alpha value is -5.45. The van der Waals surface area contributed by atoms with Crippen LogP contribution in [-0.4, -0.2) is 63.2 Å². The van der Waals surface area contributed by atoms with Crippen LogP contribution in [0.2, 0.25) is 0 Å². The summed E-state index contributed by atoms with van der Waals surface area (Å²) in [6.07, 6.45) is 1.68. The van der Waals surface area contributed by atoms with Gasteiger partial charge in [0.1, 0.15) is 11.6 Å². The number of H-pyrrole nitrogens is 1. The highest BCUT2D eigenvalue weighted by Gasteiger charge is 2.11. The van der Waals surface area contributed by atoms with Crippen molar-refractivity contribution >= 4 is 28.8 Å². The Balaban J connectivity index is 0.000000255. The van der Waals surface area contributed by atoms with Gasteiger partial charge in [-0.2, -0.15) is 0 Å². The van der Waals surface area contributed by atoms with Crippen molar-refractivity contribution in [3.05, 3.63) is 113 Å². The van der Waals surface area contributed by atoms with Crippen molar-refractivity contribution in [1.82, 2.24) is 30.2 Å². The maximum atomic E-state index is 9.54. The predicted molar refractivity (Wildman–Crippen MR) is 203 cm³/mol. The van der Waals surface area contributed by atoms with E-state index in [1.54, 1.807) is 17.0 Å². The van der Waals surface area contributed by atoms with Crippen molar-refractivity contribution < 1.29 is 5.11 Å². The minimum atomic E-state index is 0.277. The molecule has 0 radical (unpaired) electrons. The number of phenols is 1. The number of benzene rings is 2. The zero-order chi connectivity index (χ0) is 36.1. The van der Waals surface area contributed by atoms with Crippen LogP contribution >= 0.6 is 0 Å². The molecule has 5 aromatic rings. The molecule has 11 heteroatoms. The summed E-state index contributed by atoms with van der Waals surface area (Å²) < 4.78 is 0. The number of nitrogens with zero attached hydrogens (tertiary/aromatic N) is 7. The first-order valence-corrected chi connectivity index (χ1v) is 16.6. The van der Waals surface area contributed by atoms with Crippen molar-refractivity contribution in [2.75, 3.05) is 37.0 Å². The lowest BCUT2D eigenvalue weighted by molar-refractivity contribution is 0.476. The van der Waals surface area contributed by atoms with Crippen LogP contribution in [0.3, 0.4) is 0 Å². The third kappa shape index (κ3) is 11.6. The fraction of sp³-hybridized carbons (Fsp3) is 0.342. The maximum absolute atomic E-state index is 9.54. The first kappa shape index (κ1) is 38.0. The monoisotopic (exact) mass is 664 g/mol. The molecule has 0 fully saturated rings. The van der Waals surface area contributed by atoms with E-state index in [2.05, 4.69) is 79.1 Å². The lowest BCUT2D eigenvalue weighted by Gasteiger charge is -2.21. The lowest BCUT2D eigenvalue weighted by Crippen LogP contribution is -2.35. The second-order valence-corrected chi connectivity index (χ2v) is 11.7. The number of hydrogen-bond donors (Lipinski definition) is 4. The Morgan fingerprint density at radius 1 is 0.796 bits per heavy atom. The Morgan fingerprint density at radius 3 is 1.92 bits per heavy atom. The molecule has 260 valence electrons. The van der Waals surface area contributed by atoms with Gasteiger partial charge in [-0.3, -0.25) is 9.89 Å². The molecule has 3 aromatic heterocycles. The van der Waals surface area contributed by atoms with Crippen LogP contribution < -0.4 is 20.9 Å². The summed E-state index contributed by atoms with van der Waals surface area (Å²) in [5.41, 5.74) is 14.4. The standard InChI is InChI=1S/C19H23N5O.C17H23N5.C2H6/c1-12-9-13(2)22-19(21-12)24(4)14(3)20-8-7-16-10-15-11-17(25)5-6-18(15)23-16;1-12-5-7-15(8-6-12)9-10-19-16(18)22(4)17-20-13(2)11-14(3)21-17;1-2/h5-6,9-11,20,23,25H,3,7-8H2,1-2,4H3;5-8,11H,9-10H2,1-4H3,(H2,18,19);1-2H3. The number of aromatic amines is 1. The van der Waals surface area contributed by atoms with Crippen molar-refractivity contribution in [3.8, 4) is 5.75 Å². The maximum Gasteiger partial charge on any atom is 0.232 e. The van der Waals surface area contributed by atoms with Gasteiger partial charge in [-0.25, -0.2) is 19.9 Å². The zero-order valence-corrected chi connectivity index (χ0v) is 30.5. The van der Waals surface area contributed by atoms with Crippen molar-refractivity contribution in [1.29, 1.82) is 0 Å². The van der Waals surface area contributed by atoms with Gasteiger partial charge in [0.25, 0.3) is 0 Å². The molecule has 0 saturated carbocycles. The molecule has 0 amide bonds. The van der Waals surface area contributed by atoms with Gasteiger partial charge in [-0.1, -0.05) is 50.3 Å². The number of aromatic hydroxyl groups is 1. The number of aryl methyl sites for hydroxylation is 5. The number of nitrogens with two attached hydrogens (primary N) is 1. The smallest absolute Gasteiger partial charge is 0.232 e. The van der Waals surface area contributed by atoms with Crippen molar-refractivity contribution in [2.24, 2.45) is 10.7 Å². The minimum absolute atomic E-state index is 0.277. The Bertz CT molecular complexity index is 1810. The van der Waals surface area contributed by atoms with Gasteiger partial charge in [0.2, 0.25) is 11.9 Å². The SMILES string of the molecule is C=C(NCCc1cc2cc(O)ccc2[nH]1)N(C)c1nc(C)cc(C)n1.CC.Cc1ccc(CCN=C(N)N(C)c2nc(C)cc(C)n2)cc1. The quantitative estimate of drug-likeness (QED) is 0.0979. The predicted octanol–water partition coefficient (Wildman–Crippen LogP) is 6.44. The van der Waals surface area contributed by atoms with Gasteiger partial charge >= 0.3 is 0 Å². The molecule has 49 heavy (non-hydrogen) atoms. The average molecular weight is 665 g/mol. The van der Waals surface area contributed by atoms with Crippen LogP contribution in [0.25, 0.3) is 10.9 Å². The number of phenolic OH excluding ortho intramolecular Hbond substituents is 1. The van der Waals surface area contributed by atoms with Crippen LogP contribution in [0.15, 0.2) is 78.1 Å². The third-order valence-electron chi connectivity index (χ3n) is 7.47. The first-order valence-electron chi connectivity index (χ1n) is 16.6. The van der Waals surface area contributed by atoms with E-state index in [1.165, 1.54) is 11.1 Å². The van der Waals surface area contributed by atoms with E-state index < -0.39 is 0 Å². The highest BCUT2D eigenvalue weighted by atomic mass is 16.3. The molecule has 0 aliphatic heterocycles. The summed E-state index contributed by atoms with van der Waals surface area (Å²) in [7, 11) is 3.73. The Morgan fingerprint density at radius 2 is 1.35 bits per heavy atom. The lowest BCUT2D eigenvalue weighted by atomic mass is 10.1. The molecule has 0 saturated heterocycles. The number of anilines is 2. The molecular weight excluding hydrogens is 612 g/mol. The van der Waals surface area contributed by atoms with Crippen LogP contribution in [-0.2, 0) is 12.8 Å². The van der Waals surface area contributed by atoms with Crippen LogP contribution in [0.5, 0.6) is 5.75 Å². The van der Waals surface area contributed by atoms with Crippen LogP contribution in [0.1, 0.15) is 53.4 Å². The van der Waals surface area contributed by atoms with E-state index in [9.17, 15) is 5.11 Å². The van der Waals surface area contributed by atoms with Gasteiger partial charge in [-0.05, 0) is 83.0 Å². The van der Waals surface area contributed by atoms with E-state index >= 15 is 0 Å². The fourth-order valence-electron chi connectivity index (χ4n) is 4.87. The molecule has 0 spiro atoms. The van der Waals surface area contributed by atoms with Gasteiger partial charge < -0.3 is 26.0 Å². The number of rotatable bonds is 10. The molecule has 0 atom stereocenters. The van der Waals surface area contributed by atoms with E-state index in [0.29, 0.717) is 24.4 Å². The third-order valence-corrected chi connectivity index (χ3v) is 7.47. The average Bonchev–Trinajstić information content (AvgIpc) is 3.47. The van der Waals surface area contributed by atoms with E-state index in [0.717, 1.165) is 64.6 Å². The molecule has 0 unspecified atom stereocenters. The largest absolute Gasteiger partial charge is 0.508 e. The molecule has 2 aromatic carbocycles. The summed E-state index contributed by atoms with van der Waals surface area (Å²) in [5.74, 6) is 2.67. The van der Waals surface area contributed by atoms with Gasteiger partial charge in [0, 0.05) is 73.0 Å². The van der Waals surface area contributed by atoms with Crippen LogP contribution in [0, 0.1) is 34.6 Å². The van der Waals surface area contributed by atoms with E-state index in [4.69, 9.17) is 5.73 Å². The highest BCUT2D eigenvalue weighted by molar-refractivity contribution is 5.92. The summed E-state index contributed by atoms with van der Waals surface area (Å²) in [5, 5.41) is 13.9. The number of nitrogens with one attached hydrogen (secondary N) is 2. The summed E-state index contributed by atoms with van der Waals surface area (Å²) >= 11 is 0.